The average Bonchev–Trinajstić information content (AvgIpc) is 3.38. The summed E-state index contributed by atoms with van der Waals surface area (Å²) in [7, 11) is -3.69. The number of nitrogens with zero attached hydrogens (tertiary/aromatic N) is 2. The van der Waals surface area contributed by atoms with Crippen molar-refractivity contribution in [3.63, 3.8) is 0 Å². The fraction of sp³-hybridized carbons (Fsp3) is 0.333. The van der Waals surface area contributed by atoms with Crippen LogP contribution >= 0.6 is 23.1 Å². The molecule has 2 atom stereocenters. The lowest BCUT2D eigenvalue weighted by atomic mass is 9.95. The van der Waals surface area contributed by atoms with Crippen molar-refractivity contribution in [2.75, 3.05) is 30.3 Å². The van der Waals surface area contributed by atoms with Crippen LogP contribution in [0.5, 0.6) is 0 Å². The maximum atomic E-state index is 13.7. The fourth-order valence-corrected chi connectivity index (χ4v) is 7.61. The van der Waals surface area contributed by atoms with E-state index in [9.17, 15) is 31.1 Å². The molecule has 1 saturated heterocycles. The lowest BCUT2D eigenvalue weighted by Crippen LogP contribution is -2.55. The van der Waals surface area contributed by atoms with E-state index in [1.54, 1.807) is 29.6 Å². The first-order valence-corrected chi connectivity index (χ1v) is 14.3. The van der Waals surface area contributed by atoms with E-state index in [0.29, 0.717) is 29.8 Å². The largest absolute Gasteiger partial charge is 0.421 e. The third kappa shape index (κ3) is 5.57. The molecule has 0 unspecified atom stereocenters. The Morgan fingerprint density at radius 2 is 1.81 bits per heavy atom. The van der Waals surface area contributed by atoms with Gasteiger partial charge in [-0.3, -0.25) is 0 Å². The van der Waals surface area contributed by atoms with E-state index in [0.717, 1.165) is 11.3 Å². The number of piperazine rings is 1. The Balaban J connectivity index is 1.59. The molecule has 1 aromatic heterocycles. The van der Waals surface area contributed by atoms with Gasteiger partial charge in [0.25, 0.3) is 10.0 Å². The van der Waals surface area contributed by atoms with Gasteiger partial charge in [0.2, 0.25) is 0 Å². The lowest BCUT2D eigenvalue weighted by Gasteiger charge is -2.42. The Morgan fingerprint density at radius 1 is 1.08 bits per heavy atom. The zero-order chi connectivity index (χ0) is 26.1. The Labute approximate surface area is 215 Å². The van der Waals surface area contributed by atoms with Gasteiger partial charge in [-0.2, -0.15) is 17.5 Å². The summed E-state index contributed by atoms with van der Waals surface area (Å²) in [6.07, 6.45) is -4.83. The number of aliphatic hydroxyl groups is 1. The molecule has 4 rings (SSSR count). The van der Waals surface area contributed by atoms with Gasteiger partial charge in [-0.25, -0.2) is 12.8 Å². The third-order valence-corrected chi connectivity index (χ3v) is 10.5. The van der Waals surface area contributed by atoms with Crippen LogP contribution < -0.4 is 4.90 Å². The summed E-state index contributed by atoms with van der Waals surface area (Å²) in [4.78, 5) is 2.63. The molecule has 0 spiro atoms. The van der Waals surface area contributed by atoms with Crippen molar-refractivity contribution >= 4 is 38.8 Å². The normalized spacial score (nSPS) is 19.3. The number of halogens is 4. The molecule has 2 heterocycles. The van der Waals surface area contributed by atoms with Crippen LogP contribution in [0.2, 0.25) is 0 Å². The summed E-state index contributed by atoms with van der Waals surface area (Å²) in [5.41, 5.74) is -2.68. The number of alkyl halides is 3. The summed E-state index contributed by atoms with van der Waals surface area (Å²) < 4.78 is 81.3. The zero-order valence-corrected chi connectivity index (χ0v) is 21.6. The summed E-state index contributed by atoms with van der Waals surface area (Å²) in [5, 5.41) is 11.7. The van der Waals surface area contributed by atoms with Crippen molar-refractivity contribution < 1.29 is 31.1 Å². The van der Waals surface area contributed by atoms with Crippen LogP contribution in [0.15, 0.2) is 75.1 Å². The molecule has 1 N–H and O–H groups in total. The van der Waals surface area contributed by atoms with Gasteiger partial charge < -0.3 is 10.0 Å². The Hall–Kier alpha value is -2.12. The van der Waals surface area contributed by atoms with Gasteiger partial charge in [-0.05, 0) is 54.3 Å². The molecule has 1 aliphatic heterocycles. The fourth-order valence-electron chi connectivity index (χ4n) is 3.96. The molecule has 3 aromatic rings. The van der Waals surface area contributed by atoms with Gasteiger partial charge in [-0.1, -0.05) is 24.3 Å². The number of anilines is 1. The number of thioether (sulfide) groups is 1. The van der Waals surface area contributed by atoms with E-state index in [-0.39, 0.29) is 34.7 Å². The maximum Gasteiger partial charge on any atom is 0.421 e. The first-order valence-electron chi connectivity index (χ1n) is 11.0. The van der Waals surface area contributed by atoms with E-state index in [1.165, 1.54) is 52.5 Å². The number of hydrogen-bond acceptors (Lipinski definition) is 6. The lowest BCUT2D eigenvalue weighted by molar-refractivity contribution is -0.258. The molecule has 0 amide bonds. The van der Waals surface area contributed by atoms with Crippen molar-refractivity contribution in [2.45, 2.75) is 33.8 Å². The van der Waals surface area contributed by atoms with E-state index in [1.807, 2.05) is 4.90 Å². The number of sulfonamides is 1. The molecular formula is C24H24F4N2O3S3. The van der Waals surface area contributed by atoms with Crippen molar-refractivity contribution in [3.05, 3.63) is 77.4 Å². The minimum Gasteiger partial charge on any atom is -0.376 e. The first kappa shape index (κ1) is 26.9. The smallest absolute Gasteiger partial charge is 0.376 e. The Kier molecular flexibility index (Phi) is 7.73. The monoisotopic (exact) mass is 560 g/mol. The molecule has 0 radical (unpaired) electrons. The van der Waals surface area contributed by atoms with Crippen LogP contribution in [0.1, 0.15) is 12.5 Å². The number of hydrogen-bond donors (Lipinski definition) is 1. The number of benzene rings is 2. The minimum absolute atomic E-state index is 0.157. The van der Waals surface area contributed by atoms with Gasteiger partial charge in [0.1, 0.15) is 10.0 Å². The molecule has 2 aromatic carbocycles. The first-order chi connectivity index (χ1) is 16.9. The number of rotatable bonds is 7. The topological polar surface area (TPSA) is 60.9 Å². The highest BCUT2D eigenvalue weighted by Gasteiger charge is 2.51. The molecule has 0 saturated carbocycles. The molecule has 194 valence electrons. The molecule has 1 aliphatic rings. The summed E-state index contributed by atoms with van der Waals surface area (Å²) in [6.45, 7) is 1.37. The summed E-state index contributed by atoms with van der Waals surface area (Å²) in [6, 6.07) is 14.4. The predicted molar refractivity (Wildman–Crippen MR) is 133 cm³/mol. The number of thiophene rings is 1. The van der Waals surface area contributed by atoms with E-state index in [2.05, 4.69) is 0 Å². The highest BCUT2D eigenvalue weighted by Crippen LogP contribution is 2.39. The summed E-state index contributed by atoms with van der Waals surface area (Å²) >= 11 is 2.51. The highest BCUT2D eigenvalue weighted by molar-refractivity contribution is 7.99. The van der Waals surface area contributed by atoms with Crippen LogP contribution in [0, 0.1) is 5.82 Å². The maximum absolute atomic E-state index is 13.7. The van der Waals surface area contributed by atoms with Gasteiger partial charge in [0, 0.05) is 36.0 Å². The van der Waals surface area contributed by atoms with Crippen LogP contribution in [-0.2, 0) is 15.6 Å². The second-order valence-electron chi connectivity index (χ2n) is 8.53. The second kappa shape index (κ2) is 10.3. The summed E-state index contributed by atoms with van der Waals surface area (Å²) in [5.74, 6) is 0.0387. The van der Waals surface area contributed by atoms with Crippen molar-refractivity contribution in [1.82, 2.24) is 4.31 Å². The van der Waals surface area contributed by atoms with Crippen molar-refractivity contribution in [3.8, 4) is 0 Å². The third-order valence-electron chi connectivity index (χ3n) is 6.09. The highest BCUT2D eigenvalue weighted by atomic mass is 32.2. The van der Waals surface area contributed by atoms with E-state index >= 15 is 0 Å². The quantitative estimate of drug-likeness (QED) is 0.313. The van der Waals surface area contributed by atoms with Crippen LogP contribution in [0.4, 0.5) is 23.2 Å². The SMILES string of the molecule is C[C@](O)(c1ccc(N2CCN(S(=O)(=O)c3cccs3)C[C@@H]2CSc2cccc(F)c2)cc1)C(F)(F)F. The molecule has 5 nitrogen and oxygen atoms in total. The van der Waals surface area contributed by atoms with Crippen LogP contribution in [0.25, 0.3) is 0 Å². The molecule has 0 bridgehead atoms. The van der Waals surface area contributed by atoms with E-state index in [4.69, 9.17) is 0 Å². The zero-order valence-electron chi connectivity index (χ0n) is 19.2. The van der Waals surface area contributed by atoms with Gasteiger partial charge in [0.15, 0.2) is 5.60 Å². The van der Waals surface area contributed by atoms with Gasteiger partial charge >= 0.3 is 6.18 Å². The average molecular weight is 561 g/mol. The standard InChI is InChI=1S/C24H24F4N2O3S3/c1-23(31,24(26,27)28)17-7-9-19(10-8-17)30-12-11-29(36(32,33)22-6-3-13-34-22)15-20(30)16-35-21-5-2-4-18(25)14-21/h2-10,13-14,20,31H,11-12,15-16H2,1H3/t20-,23+/m1/s1. The molecule has 36 heavy (non-hydrogen) atoms. The molecular weight excluding hydrogens is 536 g/mol. The van der Waals surface area contributed by atoms with Crippen molar-refractivity contribution in [1.29, 1.82) is 0 Å². The van der Waals surface area contributed by atoms with Crippen LogP contribution in [-0.4, -0.2) is 55.4 Å². The minimum atomic E-state index is -4.83. The van der Waals surface area contributed by atoms with E-state index < -0.39 is 21.8 Å². The van der Waals surface area contributed by atoms with Gasteiger partial charge in [-0.15, -0.1) is 23.1 Å². The Bertz CT molecular complexity index is 1280. The van der Waals surface area contributed by atoms with Crippen molar-refractivity contribution in [2.24, 2.45) is 0 Å². The Morgan fingerprint density at radius 3 is 2.42 bits per heavy atom. The second-order valence-corrected chi connectivity index (χ2v) is 12.7. The molecule has 1 fully saturated rings. The van der Waals surface area contributed by atoms with Crippen LogP contribution in [0.3, 0.4) is 0 Å². The molecule has 12 heteroatoms. The predicted octanol–water partition coefficient (Wildman–Crippen LogP) is 5.33. The molecule has 0 aliphatic carbocycles. The van der Waals surface area contributed by atoms with Gasteiger partial charge in [0.05, 0.1) is 6.04 Å².